The molecule has 5 rings (SSSR count). The van der Waals surface area contributed by atoms with Crippen molar-refractivity contribution in [3.05, 3.63) is 64.0 Å². The third kappa shape index (κ3) is 5.19. The van der Waals surface area contributed by atoms with Crippen LogP contribution in [0.15, 0.2) is 36.4 Å². The zero-order valence-electron chi connectivity index (χ0n) is 21.4. The highest BCUT2D eigenvalue weighted by Gasteiger charge is 2.39. The van der Waals surface area contributed by atoms with E-state index in [9.17, 15) is 19.9 Å². The number of carbonyl (C=O) groups excluding carboxylic acids is 1. The molecule has 196 valence electrons. The van der Waals surface area contributed by atoms with Crippen LogP contribution in [0.2, 0.25) is 0 Å². The number of benzene rings is 1. The summed E-state index contributed by atoms with van der Waals surface area (Å²) < 4.78 is 0. The Hall–Kier alpha value is -3.43. The van der Waals surface area contributed by atoms with Gasteiger partial charge in [-0.3, -0.25) is 4.79 Å². The first-order valence-electron chi connectivity index (χ1n) is 13.1. The van der Waals surface area contributed by atoms with E-state index in [1.807, 2.05) is 54.3 Å². The molecule has 2 amide bonds. The van der Waals surface area contributed by atoms with E-state index in [1.54, 1.807) is 6.92 Å². The van der Waals surface area contributed by atoms with Crippen molar-refractivity contribution in [3.8, 4) is 0 Å². The molecule has 2 aromatic rings. The monoisotopic (exact) mass is 505 g/mol. The number of piperidine rings is 2. The number of amides is 2. The van der Waals surface area contributed by atoms with Gasteiger partial charge >= 0.3 is 6.09 Å². The molecule has 3 N–H and O–H groups in total. The van der Waals surface area contributed by atoms with Gasteiger partial charge in [-0.25, -0.2) is 9.78 Å². The fourth-order valence-electron chi connectivity index (χ4n) is 5.95. The number of hydrogen-bond donors (Lipinski definition) is 3. The van der Waals surface area contributed by atoms with Gasteiger partial charge in [0.25, 0.3) is 0 Å². The summed E-state index contributed by atoms with van der Waals surface area (Å²) in [6.45, 7) is 5.93. The first kappa shape index (κ1) is 25.2. The highest BCUT2D eigenvalue weighted by molar-refractivity contribution is 5.80. The maximum absolute atomic E-state index is 14.1. The van der Waals surface area contributed by atoms with Gasteiger partial charge in [0.05, 0.1) is 0 Å². The van der Waals surface area contributed by atoms with Crippen molar-refractivity contribution in [3.63, 3.8) is 0 Å². The summed E-state index contributed by atoms with van der Waals surface area (Å²) in [6, 6.07) is 11.8. The van der Waals surface area contributed by atoms with Gasteiger partial charge in [0.15, 0.2) is 0 Å². The van der Waals surface area contributed by atoms with Crippen LogP contribution >= 0.6 is 0 Å². The summed E-state index contributed by atoms with van der Waals surface area (Å²) in [5.74, 6) is 0.906. The summed E-state index contributed by atoms with van der Waals surface area (Å²) in [6.07, 6.45) is 4.07. The van der Waals surface area contributed by atoms with Crippen molar-refractivity contribution in [2.45, 2.75) is 51.6 Å². The lowest BCUT2D eigenvalue weighted by molar-refractivity contribution is -0.813. The predicted octanol–water partition coefficient (Wildman–Crippen LogP) is 3.14. The highest BCUT2D eigenvalue weighted by Crippen LogP contribution is 2.36. The van der Waals surface area contributed by atoms with Crippen LogP contribution in [0.25, 0.3) is 11.8 Å². The third-order valence-electron chi connectivity index (χ3n) is 8.11. The quantitative estimate of drug-likeness (QED) is 0.551. The van der Waals surface area contributed by atoms with Crippen molar-refractivity contribution >= 4 is 29.6 Å². The number of anilines is 1. The van der Waals surface area contributed by atoms with Crippen LogP contribution in [0.4, 0.5) is 10.6 Å². The molecule has 1 aromatic heterocycles. The average molecular weight is 506 g/mol. The molecule has 2 saturated heterocycles. The van der Waals surface area contributed by atoms with Gasteiger partial charge in [-0.2, -0.15) is 0 Å². The van der Waals surface area contributed by atoms with Crippen LogP contribution in [0.5, 0.6) is 0 Å². The number of aryl methyl sites for hydroxylation is 1. The number of hydroxylamine groups is 2. The number of hydrogen-bond acceptors (Lipinski definition) is 5. The largest absolute Gasteiger partial charge is 0.628 e. The molecule has 9 nitrogen and oxygen atoms in total. The van der Waals surface area contributed by atoms with Gasteiger partial charge < -0.3 is 30.5 Å². The minimum atomic E-state index is -0.876. The molecule has 37 heavy (non-hydrogen) atoms. The molecule has 9 heteroatoms. The Morgan fingerprint density at radius 1 is 1.03 bits per heavy atom. The first-order valence-corrected chi connectivity index (χ1v) is 13.1. The number of nitrogens with zero attached hydrogens (tertiary/aromatic N) is 3. The van der Waals surface area contributed by atoms with Crippen LogP contribution in [-0.2, 0) is 4.79 Å². The van der Waals surface area contributed by atoms with E-state index in [0.717, 1.165) is 46.7 Å². The number of carboxylic acid groups (broad SMARTS) is 1. The molecule has 0 aliphatic carbocycles. The van der Waals surface area contributed by atoms with E-state index in [1.165, 1.54) is 4.90 Å². The Balaban J connectivity index is 1.45. The van der Waals surface area contributed by atoms with Gasteiger partial charge in [-0.05, 0) is 56.4 Å². The van der Waals surface area contributed by atoms with Crippen molar-refractivity contribution in [2.24, 2.45) is 5.92 Å². The Bertz CT molecular complexity index is 1200. The van der Waals surface area contributed by atoms with E-state index in [4.69, 9.17) is 4.98 Å². The molecule has 4 heterocycles. The molecular formula is C28H35N5O4. The zero-order valence-corrected chi connectivity index (χ0v) is 21.4. The smallest absolute Gasteiger partial charge is 0.407 e. The second-order valence-corrected chi connectivity index (χ2v) is 10.4. The lowest BCUT2D eigenvalue weighted by Crippen LogP contribution is -3.06. The molecule has 3 aliphatic rings. The maximum Gasteiger partial charge on any atom is 0.407 e. The molecule has 1 aromatic carbocycles. The second-order valence-electron chi connectivity index (χ2n) is 10.4. The number of fused-ring (bicyclic) bond motifs is 1. The van der Waals surface area contributed by atoms with Crippen molar-refractivity contribution in [1.82, 2.24) is 14.8 Å². The van der Waals surface area contributed by atoms with Crippen molar-refractivity contribution in [1.29, 1.82) is 0 Å². The van der Waals surface area contributed by atoms with Gasteiger partial charge in [-0.1, -0.05) is 18.2 Å². The fraction of sp³-hybridized carbons (Fsp3) is 0.464. The number of pyridine rings is 1. The SMILES string of the molecule is CC(=O)N1CCC(C2c3nc(NC4CCN(C(=O)O)CC4)ccc3C=C(c3ccccc3C)[NH+]2[O-])CC1. The van der Waals surface area contributed by atoms with E-state index in [-0.39, 0.29) is 29.0 Å². The van der Waals surface area contributed by atoms with Gasteiger partial charge in [0.1, 0.15) is 23.3 Å². The normalized spacial score (nSPS) is 22.8. The molecule has 0 bridgehead atoms. The number of carbonyl (C=O) groups is 2. The first-order chi connectivity index (χ1) is 17.8. The van der Waals surface area contributed by atoms with E-state index in [0.29, 0.717) is 39.0 Å². The number of likely N-dealkylation sites (tertiary alicyclic amines) is 2. The van der Waals surface area contributed by atoms with Crippen molar-refractivity contribution < 1.29 is 19.8 Å². The second kappa shape index (κ2) is 10.5. The third-order valence-corrected chi connectivity index (χ3v) is 8.11. The van der Waals surface area contributed by atoms with E-state index in [2.05, 4.69) is 5.32 Å². The van der Waals surface area contributed by atoms with Gasteiger partial charge in [-0.15, -0.1) is 0 Å². The van der Waals surface area contributed by atoms with Crippen LogP contribution in [-0.4, -0.2) is 64.1 Å². The molecule has 0 saturated carbocycles. The summed E-state index contributed by atoms with van der Waals surface area (Å²) in [5, 5.41) is 26.9. The Morgan fingerprint density at radius 3 is 2.35 bits per heavy atom. The highest BCUT2D eigenvalue weighted by atomic mass is 16.5. The average Bonchev–Trinajstić information content (AvgIpc) is 2.89. The molecule has 2 atom stereocenters. The minimum Gasteiger partial charge on any atom is -0.628 e. The molecule has 0 radical (unpaired) electrons. The van der Waals surface area contributed by atoms with Crippen LogP contribution in [0.3, 0.4) is 0 Å². The standard InChI is InChI=1S/C28H35N5O4/c1-18-5-3-4-6-23(18)24-17-21-7-8-25(29-22-11-15-32(16-12-22)28(35)36)30-26(21)27(33(24)37)20-9-13-31(14-10-20)19(2)34/h3-8,17,20,22,27,33H,9-16H2,1-2H3,(H,29,30)(H,35,36). The summed E-state index contributed by atoms with van der Waals surface area (Å²) >= 11 is 0. The Morgan fingerprint density at radius 2 is 1.70 bits per heavy atom. The van der Waals surface area contributed by atoms with Crippen molar-refractivity contribution in [2.75, 3.05) is 31.5 Å². The summed E-state index contributed by atoms with van der Waals surface area (Å²) in [4.78, 5) is 31.4. The molecule has 0 spiro atoms. The Labute approximate surface area is 217 Å². The zero-order chi connectivity index (χ0) is 26.1. The minimum absolute atomic E-state index is 0.0767. The lowest BCUT2D eigenvalue weighted by atomic mass is 9.83. The predicted molar refractivity (Wildman–Crippen MR) is 142 cm³/mol. The maximum atomic E-state index is 14.1. The molecule has 2 unspecified atom stereocenters. The van der Waals surface area contributed by atoms with Gasteiger partial charge in [0.2, 0.25) is 5.91 Å². The summed E-state index contributed by atoms with van der Waals surface area (Å²) in [7, 11) is 0. The lowest BCUT2D eigenvalue weighted by Gasteiger charge is -2.43. The fourth-order valence-corrected chi connectivity index (χ4v) is 5.95. The molecule has 3 aliphatic heterocycles. The molecular weight excluding hydrogens is 470 g/mol. The Kier molecular flexibility index (Phi) is 7.17. The van der Waals surface area contributed by atoms with Crippen LogP contribution in [0, 0.1) is 18.0 Å². The topological polar surface area (TPSA) is 113 Å². The number of quaternary nitrogens is 1. The van der Waals surface area contributed by atoms with Crippen LogP contribution < -0.4 is 10.4 Å². The van der Waals surface area contributed by atoms with Gasteiger partial charge in [0, 0.05) is 62.3 Å². The van der Waals surface area contributed by atoms with E-state index < -0.39 is 6.09 Å². The van der Waals surface area contributed by atoms with Crippen LogP contribution in [0.1, 0.15) is 61.0 Å². The number of rotatable bonds is 4. The number of nitrogens with one attached hydrogen (secondary N) is 2. The molecule has 2 fully saturated rings. The summed E-state index contributed by atoms with van der Waals surface area (Å²) in [5.41, 5.74) is 4.51. The van der Waals surface area contributed by atoms with E-state index >= 15 is 0 Å². The number of aromatic nitrogens is 1.